The first-order chi connectivity index (χ1) is 9.06. The molecule has 0 radical (unpaired) electrons. The van der Waals surface area contributed by atoms with Crippen molar-refractivity contribution >= 4 is 17.2 Å². The number of amides is 1. The van der Waals surface area contributed by atoms with E-state index in [1.807, 2.05) is 17.5 Å². The van der Waals surface area contributed by atoms with Crippen molar-refractivity contribution in [3.8, 4) is 0 Å². The summed E-state index contributed by atoms with van der Waals surface area (Å²) >= 11 is 1.50. The molecule has 2 aliphatic heterocycles. The van der Waals surface area contributed by atoms with Crippen molar-refractivity contribution in [1.29, 1.82) is 0 Å². The molecule has 5 heteroatoms. The van der Waals surface area contributed by atoms with Gasteiger partial charge in [-0.05, 0) is 37.6 Å². The Bertz CT molecular complexity index is 457. The molecule has 2 saturated heterocycles. The van der Waals surface area contributed by atoms with Gasteiger partial charge >= 0.3 is 0 Å². The molecule has 0 saturated carbocycles. The summed E-state index contributed by atoms with van der Waals surface area (Å²) in [5, 5.41) is 15.2. The number of aliphatic hydroxyl groups is 1. The quantitative estimate of drug-likeness (QED) is 0.882. The smallest absolute Gasteiger partial charge is 0.225 e. The molecule has 4 atom stereocenters. The normalized spacial score (nSPS) is 32.2. The Kier molecular flexibility index (Phi) is 3.37. The molecule has 19 heavy (non-hydrogen) atoms. The zero-order valence-corrected chi connectivity index (χ0v) is 11.8. The van der Waals surface area contributed by atoms with Crippen molar-refractivity contribution in [2.75, 3.05) is 6.54 Å². The van der Waals surface area contributed by atoms with Crippen LogP contribution in [0.25, 0.3) is 0 Å². The van der Waals surface area contributed by atoms with Gasteiger partial charge in [0.1, 0.15) is 5.60 Å². The third-order valence-electron chi connectivity index (χ3n) is 4.10. The lowest BCUT2D eigenvalue weighted by Gasteiger charge is -2.24. The van der Waals surface area contributed by atoms with Crippen LogP contribution in [0.1, 0.15) is 31.1 Å². The standard InChI is InChI=1S/C14H19NO3S/c1-14(17,12-3-2-6-19-12)8-15-13(16)10-7-9-4-5-11(10)18-9/h2-3,6,9-11,17H,4-5,7-8H2,1H3,(H,15,16). The van der Waals surface area contributed by atoms with Gasteiger partial charge in [0, 0.05) is 4.88 Å². The predicted octanol–water partition coefficient (Wildman–Crippen LogP) is 1.64. The predicted molar refractivity (Wildman–Crippen MR) is 72.9 cm³/mol. The lowest BCUT2D eigenvalue weighted by molar-refractivity contribution is -0.127. The number of fused-ring (bicyclic) bond motifs is 2. The molecular formula is C14H19NO3S. The van der Waals surface area contributed by atoms with Gasteiger partial charge in [-0.15, -0.1) is 11.3 Å². The summed E-state index contributed by atoms with van der Waals surface area (Å²) in [6.07, 6.45) is 3.28. The Balaban J connectivity index is 1.56. The average Bonchev–Trinajstić information content (AvgIpc) is 3.10. The molecule has 1 amide bonds. The molecule has 1 aromatic heterocycles. The van der Waals surface area contributed by atoms with E-state index >= 15 is 0 Å². The summed E-state index contributed by atoms with van der Waals surface area (Å²) in [5.41, 5.74) is -0.998. The highest BCUT2D eigenvalue weighted by atomic mass is 32.1. The van der Waals surface area contributed by atoms with Gasteiger partial charge in [0.15, 0.2) is 0 Å². The van der Waals surface area contributed by atoms with E-state index in [1.165, 1.54) is 11.3 Å². The maximum Gasteiger partial charge on any atom is 0.225 e. The molecule has 0 spiro atoms. The Hall–Kier alpha value is -0.910. The van der Waals surface area contributed by atoms with Gasteiger partial charge in [0.05, 0.1) is 24.7 Å². The van der Waals surface area contributed by atoms with Crippen molar-refractivity contribution in [2.45, 2.75) is 44.0 Å². The van der Waals surface area contributed by atoms with E-state index in [1.54, 1.807) is 6.92 Å². The van der Waals surface area contributed by atoms with Crippen LogP contribution in [0.5, 0.6) is 0 Å². The SMILES string of the molecule is CC(O)(CNC(=O)C1CC2CCC1O2)c1cccs1. The first-order valence-corrected chi connectivity index (χ1v) is 7.64. The second kappa shape index (κ2) is 4.89. The van der Waals surface area contributed by atoms with Crippen LogP contribution < -0.4 is 5.32 Å². The van der Waals surface area contributed by atoms with Crippen LogP contribution in [0.15, 0.2) is 17.5 Å². The molecule has 2 fully saturated rings. The topological polar surface area (TPSA) is 58.6 Å². The van der Waals surface area contributed by atoms with Gasteiger partial charge in [-0.2, -0.15) is 0 Å². The molecule has 4 nitrogen and oxygen atoms in total. The highest BCUT2D eigenvalue weighted by Gasteiger charge is 2.44. The lowest BCUT2D eigenvalue weighted by atomic mass is 9.88. The van der Waals surface area contributed by atoms with Crippen LogP contribution in [0.4, 0.5) is 0 Å². The first kappa shape index (κ1) is 13.1. The minimum atomic E-state index is -0.998. The molecule has 1 aromatic rings. The van der Waals surface area contributed by atoms with Crippen molar-refractivity contribution in [2.24, 2.45) is 5.92 Å². The number of ether oxygens (including phenoxy) is 1. The fourth-order valence-corrected chi connectivity index (χ4v) is 3.76. The molecule has 0 aliphatic carbocycles. The molecule has 2 aliphatic rings. The molecule has 2 N–H and O–H groups in total. The van der Waals surface area contributed by atoms with E-state index < -0.39 is 5.60 Å². The second-order valence-corrected chi connectivity index (χ2v) is 6.63. The number of thiophene rings is 1. The van der Waals surface area contributed by atoms with Gasteiger partial charge in [0.25, 0.3) is 0 Å². The van der Waals surface area contributed by atoms with E-state index in [-0.39, 0.29) is 30.6 Å². The van der Waals surface area contributed by atoms with Crippen LogP contribution in [-0.4, -0.2) is 29.8 Å². The van der Waals surface area contributed by atoms with Gasteiger partial charge in [-0.25, -0.2) is 0 Å². The number of rotatable bonds is 4. The van der Waals surface area contributed by atoms with E-state index in [4.69, 9.17) is 4.74 Å². The number of hydrogen-bond acceptors (Lipinski definition) is 4. The molecule has 3 heterocycles. The fourth-order valence-electron chi connectivity index (χ4n) is 2.98. The van der Waals surface area contributed by atoms with Crippen LogP contribution >= 0.6 is 11.3 Å². The second-order valence-electron chi connectivity index (χ2n) is 5.69. The van der Waals surface area contributed by atoms with Crippen molar-refractivity contribution in [3.05, 3.63) is 22.4 Å². The molecule has 104 valence electrons. The van der Waals surface area contributed by atoms with E-state index in [2.05, 4.69) is 5.32 Å². The molecule has 3 rings (SSSR count). The number of nitrogens with one attached hydrogen (secondary N) is 1. The Morgan fingerprint density at radius 1 is 1.63 bits per heavy atom. The molecule has 4 unspecified atom stereocenters. The zero-order valence-electron chi connectivity index (χ0n) is 11.0. The monoisotopic (exact) mass is 281 g/mol. The van der Waals surface area contributed by atoms with Gasteiger partial charge in [-0.3, -0.25) is 4.79 Å². The number of hydrogen-bond donors (Lipinski definition) is 2. The number of carbonyl (C=O) groups excluding carboxylic acids is 1. The van der Waals surface area contributed by atoms with E-state index in [9.17, 15) is 9.90 Å². The van der Waals surface area contributed by atoms with Gasteiger partial charge < -0.3 is 15.2 Å². The summed E-state index contributed by atoms with van der Waals surface area (Å²) < 4.78 is 5.69. The molecular weight excluding hydrogens is 262 g/mol. The lowest BCUT2D eigenvalue weighted by Crippen LogP contribution is -2.43. The van der Waals surface area contributed by atoms with Crippen molar-refractivity contribution in [1.82, 2.24) is 5.32 Å². The van der Waals surface area contributed by atoms with Gasteiger partial charge in [-0.1, -0.05) is 6.07 Å². The maximum absolute atomic E-state index is 12.2. The largest absolute Gasteiger partial charge is 0.383 e. The molecule has 0 aromatic carbocycles. The number of carbonyl (C=O) groups is 1. The molecule has 2 bridgehead atoms. The summed E-state index contributed by atoms with van der Waals surface area (Å²) in [6.45, 7) is 1.98. The first-order valence-electron chi connectivity index (χ1n) is 6.76. The summed E-state index contributed by atoms with van der Waals surface area (Å²) in [5.74, 6) is -0.0121. The summed E-state index contributed by atoms with van der Waals surface area (Å²) in [7, 11) is 0. The summed E-state index contributed by atoms with van der Waals surface area (Å²) in [4.78, 5) is 13.0. The Morgan fingerprint density at radius 3 is 3.05 bits per heavy atom. The third kappa shape index (κ3) is 2.55. The Morgan fingerprint density at radius 2 is 2.47 bits per heavy atom. The average molecular weight is 281 g/mol. The van der Waals surface area contributed by atoms with Crippen LogP contribution in [0.2, 0.25) is 0 Å². The highest BCUT2D eigenvalue weighted by molar-refractivity contribution is 7.10. The minimum absolute atomic E-state index is 0.0176. The van der Waals surface area contributed by atoms with Gasteiger partial charge in [0.2, 0.25) is 5.91 Å². The minimum Gasteiger partial charge on any atom is -0.383 e. The van der Waals surface area contributed by atoms with E-state index in [0.717, 1.165) is 24.1 Å². The fraction of sp³-hybridized carbons (Fsp3) is 0.643. The zero-order chi connectivity index (χ0) is 13.5. The van der Waals surface area contributed by atoms with Crippen LogP contribution in [0.3, 0.4) is 0 Å². The Labute approximate surface area is 116 Å². The summed E-state index contributed by atoms with van der Waals surface area (Å²) in [6, 6.07) is 3.79. The van der Waals surface area contributed by atoms with Crippen molar-refractivity contribution in [3.63, 3.8) is 0 Å². The maximum atomic E-state index is 12.2. The van der Waals surface area contributed by atoms with Crippen LogP contribution in [-0.2, 0) is 15.1 Å². The van der Waals surface area contributed by atoms with Crippen LogP contribution in [0, 0.1) is 5.92 Å². The van der Waals surface area contributed by atoms with E-state index in [0.29, 0.717) is 0 Å². The highest BCUT2D eigenvalue weighted by Crippen LogP contribution is 2.38. The van der Waals surface area contributed by atoms with Crippen molar-refractivity contribution < 1.29 is 14.6 Å². The third-order valence-corrected chi connectivity index (χ3v) is 5.22.